The van der Waals surface area contributed by atoms with Crippen LogP contribution < -0.4 is 5.73 Å². The third-order valence-electron chi connectivity index (χ3n) is 2.46. The zero-order valence-electron chi connectivity index (χ0n) is 8.84. The molecule has 0 spiro atoms. The second kappa shape index (κ2) is 3.50. The van der Waals surface area contributed by atoms with Gasteiger partial charge in [-0.05, 0) is 37.1 Å². The number of rotatable bonds is 1. The number of hydrogen-bond acceptors (Lipinski definition) is 2. The van der Waals surface area contributed by atoms with Crippen LogP contribution in [-0.2, 0) is 6.42 Å². The van der Waals surface area contributed by atoms with E-state index in [4.69, 9.17) is 5.73 Å². The number of nitrogen functional groups attached to an aromatic ring is 1. The largest absolute Gasteiger partial charge is 0.398 e. The van der Waals surface area contributed by atoms with Crippen LogP contribution in [-0.4, -0.2) is 4.98 Å². The number of benzene rings is 1. The highest BCUT2D eigenvalue weighted by Crippen LogP contribution is 2.24. The molecule has 0 atom stereocenters. The van der Waals surface area contributed by atoms with Gasteiger partial charge >= 0.3 is 0 Å². The van der Waals surface area contributed by atoms with Crippen molar-refractivity contribution in [3.63, 3.8) is 0 Å². The molecular formula is C12H13FN2. The van der Waals surface area contributed by atoms with Gasteiger partial charge in [-0.15, -0.1) is 0 Å². The van der Waals surface area contributed by atoms with E-state index in [-0.39, 0.29) is 5.82 Å². The Hall–Kier alpha value is -1.64. The number of hydrogen-bond donors (Lipinski definition) is 1. The highest BCUT2D eigenvalue weighted by Gasteiger charge is 2.07. The number of nitrogens with zero attached hydrogens (tertiary/aromatic N) is 1. The Morgan fingerprint density at radius 3 is 2.73 bits per heavy atom. The summed E-state index contributed by atoms with van der Waals surface area (Å²) in [7, 11) is 0. The minimum absolute atomic E-state index is 0.299. The van der Waals surface area contributed by atoms with Gasteiger partial charge in [0.1, 0.15) is 11.3 Å². The maximum Gasteiger partial charge on any atom is 0.149 e. The van der Waals surface area contributed by atoms with Gasteiger partial charge in [0.25, 0.3) is 0 Å². The van der Waals surface area contributed by atoms with Crippen LogP contribution in [0.25, 0.3) is 10.9 Å². The Morgan fingerprint density at radius 1 is 1.33 bits per heavy atom. The Kier molecular flexibility index (Phi) is 2.31. The predicted molar refractivity (Wildman–Crippen MR) is 60.2 cm³/mol. The molecule has 15 heavy (non-hydrogen) atoms. The molecule has 0 fully saturated rings. The van der Waals surface area contributed by atoms with E-state index >= 15 is 0 Å². The zero-order chi connectivity index (χ0) is 11.0. The number of aryl methyl sites for hydroxylation is 2. The average molecular weight is 204 g/mol. The number of anilines is 1. The number of nitrogens with two attached hydrogens (primary N) is 1. The highest BCUT2D eigenvalue weighted by atomic mass is 19.1. The molecule has 1 aromatic heterocycles. The first-order valence-electron chi connectivity index (χ1n) is 4.97. The fourth-order valence-electron chi connectivity index (χ4n) is 1.68. The lowest BCUT2D eigenvalue weighted by molar-refractivity contribution is 0.635. The van der Waals surface area contributed by atoms with Crippen molar-refractivity contribution >= 4 is 16.6 Å². The van der Waals surface area contributed by atoms with Crippen molar-refractivity contribution in [3.8, 4) is 0 Å². The summed E-state index contributed by atoms with van der Waals surface area (Å²) in [5.41, 5.74) is 8.51. The fourth-order valence-corrected chi connectivity index (χ4v) is 1.68. The molecule has 0 amide bonds. The van der Waals surface area contributed by atoms with Crippen LogP contribution in [0.2, 0.25) is 0 Å². The van der Waals surface area contributed by atoms with Gasteiger partial charge in [0.15, 0.2) is 0 Å². The summed E-state index contributed by atoms with van der Waals surface area (Å²) in [6, 6.07) is 5.15. The van der Waals surface area contributed by atoms with Gasteiger partial charge in [-0.1, -0.05) is 6.92 Å². The van der Waals surface area contributed by atoms with Gasteiger partial charge in [-0.25, -0.2) is 9.37 Å². The van der Waals surface area contributed by atoms with Crippen LogP contribution in [0.5, 0.6) is 0 Å². The molecule has 0 radical (unpaired) electrons. The number of fused-ring (bicyclic) bond motifs is 1. The first-order valence-corrected chi connectivity index (χ1v) is 4.97. The number of pyridine rings is 1. The monoisotopic (exact) mass is 204 g/mol. The van der Waals surface area contributed by atoms with Gasteiger partial charge in [0.05, 0.1) is 0 Å². The molecule has 3 heteroatoms. The van der Waals surface area contributed by atoms with E-state index < -0.39 is 0 Å². The summed E-state index contributed by atoms with van der Waals surface area (Å²) in [4.78, 5) is 4.24. The Balaban J connectivity index is 2.85. The molecule has 0 aliphatic heterocycles. The predicted octanol–water partition coefficient (Wildman–Crippen LogP) is 2.83. The molecular weight excluding hydrogens is 191 g/mol. The lowest BCUT2D eigenvalue weighted by Crippen LogP contribution is -1.97. The first kappa shape index (κ1) is 9.90. The summed E-state index contributed by atoms with van der Waals surface area (Å²) in [6.45, 7) is 3.81. The van der Waals surface area contributed by atoms with Crippen molar-refractivity contribution in [1.82, 2.24) is 4.98 Å². The second-order valence-electron chi connectivity index (χ2n) is 3.70. The van der Waals surface area contributed by atoms with E-state index in [0.717, 1.165) is 17.7 Å². The maximum absolute atomic E-state index is 13.6. The van der Waals surface area contributed by atoms with Crippen molar-refractivity contribution in [1.29, 1.82) is 0 Å². The Labute approximate surface area is 87.9 Å². The molecule has 0 saturated carbocycles. The first-order chi connectivity index (χ1) is 7.11. The highest BCUT2D eigenvalue weighted by molar-refractivity contribution is 5.91. The van der Waals surface area contributed by atoms with Gasteiger partial charge in [-0.2, -0.15) is 0 Å². The van der Waals surface area contributed by atoms with E-state index in [1.54, 1.807) is 6.07 Å². The molecule has 0 aliphatic carbocycles. The van der Waals surface area contributed by atoms with Gasteiger partial charge < -0.3 is 5.73 Å². The van der Waals surface area contributed by atoms with Gasteiger partial charge in [0, 0.05) is 16.8 Å². The maximum atomic E-state index is 13.6. The molecule has 2 aromatic rings. The van der Waals surface area contributed by atoms with Crippen molar-refractivity contribution in [2.75, 3.05) is 5.73 Å². The van der Waals surface area contributed by atoms with Gasteiger partial charge in [-0.3, -0.25) is 0 Å². The van der Waals surface area contributed by atoms with Crippen molar-refractivity contribution in [3.05, 3.63) is 35.3 Å². The van der Waals surface area contributed by atoms with E-state index in [9.17, 15) is 4.39 Å². The van der Waals surface area contributed by atoms with Crippen molar-refractivity contribution < 1.29 is 4.39 Å². The molecule has 0 saturated heterocycles. The molecule has 0 unspecified atom stereocenters. The minimum Gasteiger partial charge on any atom is -0.398 e. The quantitative estimate of drug-likeness (QED) is 0.775. The molecule has 0 aliphatic rings. The molecule has 0 bridgehead atoms. The van der Waals surface area contributed by atoms with Gasteiger partial charge in [0.2, 0.25) is 0 Å². The molecule has 1 heterocycles. The zero-order valence-corrected chi connectivity index (χ0v) is 8.84. The molecule has 2 N–H and O–H groups in total. The normalized spacial score (nSPS) is 10.9. The molecule has 78 valence electrons. The Morgan fingerprint density at radius 2 is 2.07 bits per heavy atom. The van der Waals surface area contributed by atoms with E-state index in [2.05, 4.69) is 4.98 Å². The summed E-state index contributed by atoms with van der Waals surface area (Å²) in [5, 5.41) is 0.699. The van der Waals surface area contributed by atoms with Crippen LogP contribution in [0.1, 0.15) is 18.2 Å². The summed E-state index contributed by atoms with van der Waals surface area (Å²) in [6.07, 6.45) is 0.757. The van der Waals surface area contributed by atoms with Crippen LogP contribution in [0, 0.1) is 12.7 Å². The SMILES string of the molecule is CCc1cc(N)c2cc(C)cc(F)c2n1. The second-order valence-corrected chi connectivity index (χ2v) is 3.70. The summed E-state index contributed by atoms with van der Waals surface area (Å²) < 4.78 is 13.6. The van der Waals surface area contributed by atoms with E-state index in [0.29, 0.717) is 16.6 Å². The average Bonchev–Trinajstić information content (AvgIpc) is 2.19. The summed E-state index contributed by atoms with van der Waals surface area (Å²) in [5.74, 6) is -0.299. The van der Waals surface area contributed by atoms with Crippen LogP contribution in [0.4, 0.5) is 10.1 Å². The van der Waals surface area contributed by atoms with Crippen molar-refractivity contribution in [2.24, 2.45) is 0 Å². The number of aromatic nitrogens is 1. The molecule has 2 nitrogen and oxygen atoms in total. The van der Waals surface area contributed by atoms with Crippen LogP contribution >= 0.6 is 0 Å². The lowest BCUT2D eigenvalue weighted by Gasteiger charge is -2.06. The van der Waals surface area contributed by atoms with Crippen LogP contribution in [0.3, 0.4) is 0 Å². The van der Waals surface area contributed by atoms with Crippen molar-refractivity contribution in [2.45, 2.75) is 20.3 Å². The van der Waals surface area contributed by atoms with E-state index in [1.807, 2.05) is 19.9 Å². The van der Waals surface area contributed by atoms with E-state index in [1.165, 1.54) is 6.07 Å². The fraction of sp³-hybridized carbons (Fsp3) is 0.250. The third-order valence-corrected chi connectivity index (χ3v) is 2.46. The summed E-state index contributed by atoms with van der Waals surface area (Å²) >= 11 is 0. The lowest BCUT2D eigenvalue weighted by atomic mass is 10.1. The standard InChI is InChI=1S/C12H13FN2/c1-3-8-6-11(14)9-4-7(2)5-10(13)12(9)15-8/h4-6H,3H2,1-2H3,(H2,14,15). The smallest absolute Gasteiger partial charge is 0.149 e. The molecule has 2 rings (SSSR count). The minimum atomic E-state index is -0.299. The Bertz CT molecular complexity index is 521. The molecule has 1 aromatic carbocycles. The third kappa shape index (κ3) is 1.65. The number of halogens is 1. The van der Waals surface area contributed by atoms with Crippen LogP contribution in [0.15, 0.2) is 18.2 Å². The topological polar surface area (TPSA) is 38.9 Å².